The van der Waals surface area contributed by atoms with E-state index in [2.05, 4.69) is 20.9 Å². The van der Waals surface area contributed by atoms with Crippen molar-refractivity contribution < 1.29 is 13.9 Å². The van der Waals surface area contributed by atoms with Gasteiger partial charge in [0.05, 0.1) is 18.0 Å². The number of rotatable bonds is 4. The Labute approximate surface area is 158 Å². The van der Waals surface area contributed by atoms with E-state index in [1.54, 1.807) is 12.3 Å². The third-order valence-corrected chi connectivity index (χ3v) is 5.10. The first-order valence-electron chi connectivity index (χ1n) is 8.36. The fraction of sp³-hybridized carbons (Fsp3) is 0.263. The van der Waals surface area contributed by atoms with Crippen LogP contribution in [0, 0.1) is 11.7 Å². The van der Waals surface area contributed by atoms with Crippen molar-refractivity contribution in [1.29, 1.82) is 0 Å². The summed E-state index contributed by atoms with van der Waals surface area (Å²) in [6, 6.07) is 6.29. The molecule has 134 valence electrons. The molecule has 2 N–H and O–H groups in total. The minimum atomic E-state index is -0.357. The van der Waals surface area contributed by atoms with Crippen molar-refractivity contribution in [3.63, 3.8) is 0 Å². The van der Waals surface area contributed by atoms with Crippen molar-refractivity contribution >= 4 is 32.6 Å². The van der Waals surface area contributed by atoms with Crippen LogP contribution in [-0.2, 0) is 13.0 Å². The number of nitrogens with two attached hydrogens (primary N) is 1. The van der Waals surface area contributed by atoms with Gasteiger partial charge in [0.15, 0.2) is 5.78 Å². The summed E-state index contributed by atoms with van der Waals surface area (Å²) < 4.78 is 21.9. The van der Waals surface area contributed by atoms with Gasteiger partial charge in [0.2, 0.25) is 0 Å². The minimum Gasteiger partial charge on any atom is -0.493 e. The predicted octanol–water partition coefficient (Wildman–Crippen LogP) is 3.33. The van der Waals surface area contributed by atoms with Crippen molar-refractivity contribution in [3.05, 3.63) is 58.2 Å². The average Bonchev–Trinajstić information content (AvgIpc) is 2.98. The van der Waals surface area contributed by atoms with Crippen molar-refractivity contribution in [3.8, 4) is 5.75 Å². The van der Waals surface area contributed by atoms with Gasteiger partial charge in [0.25, 0.3) is 0 Å². The molecule has 3 heterocycles. The molecule has 0 fully saturated rings. The highest BCUT2D eigenvalue weighted by atomic mass is 79.9. The Bertz CT molecular complexity index is 1000. The molecule has 0 bridgehead atoms. The van der Waals surface area contributed by atoms with Gasteiger partial charge in [-0.3, -0.25) is 4.79 Å². The lowest BCUT2D eigenvalue weighted by Gasteiger charge is -2.24. The van der Waals surface area contributed by atoms with E-state index in [-0.39, 0.29) is 24.1 Å². The Morgan fingerprint density at radius 1 is 1.42 bits per heavy atom. The second-order valence-corrected chi connectivity index (χ2v) is 7.19. The van der Waals surface area contributed by atoms with E-state index in [9.17, 15) is 9.18 Å². The molecule has 1 aliphatic heterocycles. The Kier molecular flexibility index (Phi) is 4.50. The van der Waals surface area contributed by atoms with Gasteiger partial charge in [-0.05, 0) is 52.2 Å². The van der Waals surface area contributed by atoms with Gasteiger partial charge in [-0.15, -0.1) is 0 Å². The smallest absolute Gasteiger partial charge is 0.171 e. The summed E-state index contributed by atoms with van der Waals surface area (Å²) in [5, 5.41) is 0.789. The molecule has 26 heavy (non-hydrogen) atoms. The second kappa shape index (κ2) is 6.81. The Morgan fingerprint density at radius 3 is 3.08 bits per heavy atom. The summed E-state index contributed by atoms with van der Waals surface area (Å²) in [7, 11) is 0. The normalized spacial score (nSPS) is 16.3. The number of hydrogen-bond acceptors (Lipinski definition) is 4. The molecule has 1 unspecified atom stereocenters. The molecule has 5 nitrogen and oxygen atoms in total. The Balaban J connectivity index is 1.70. The predicted molar refractivity (Wildman–Crippen MR) is 99.9 cm³/mol. The summed E-state index contributed by atoms with van der Waals surface area (Å²) >= 11 is 3.37. The first kappa shape index (κ1) is 17.2. The van der Waals surface area contributed by atoms with Crippen molar-refractivity contribution in [1.82, 2.24) is 9.55 Å². The highest BCUT2D eigenvalue weighted by Gasteiger charge is 2.29. The van der Waals surface area contributed by atoms with Crippen LogP contribution in [0.1, 0.15) is 15.9 Å². The maximum absolute atomic E-state index is 13.5. The SMILES string of the molecule is NCCn1cc(C(=O)C2COc3ccc(F)cc3C2)c2cnc(Br)cc21. The number of hydrogen-bond donors (Lipinski definition) is 1. The van der Waals surface area contributed by atoms with E-state index in [1.165, 1.54) is 12.1 Å². The number of carbonyl (C=O) groups is 1. The van der Waals surface area contributed by atoms with Crippen LogP contribution in [0.4, 0.5) is 4.39 Å². The zero-order valence-corrected chi connectivity index (χ0v) is 15.5. The van der Waals surface area contributed by atoms with Crippen molar-refractivity contribution in [2.24, 2.45) is 11.7 Å². The zero-order chi connectivity index (χ0) is 18.3. The molecule has 1 aromatic carbocycles. The largest absolute Gasteiger partial charge is 0.493 e. The standard InChI is InChI=1S/C19H17BrFN3O2/c20-18-7-16-14(8-23-18)15(9-24(16)4-3-22)19(25)12-5-11-6-13(21)1-2-17(11)26-10-12/h1-2,6-9,12H,3-5,10,22H2. The number of carbonyl (C=O) groups excluding carboxylic acids is 1. The average molecular weight is 418 g/mol. The molecule has 0 aliphatic carbocycles. The summed E-state index contributed by atoms with van der Waals surface area (Å²) in [4.78, 5) is 17.4. The molecule has 3 aromatic rings. The number of nitrogens with zero attached hydrogens (tertiary/aromatic N) is 2. The number of pyridine rings is 1. The number of aromatic nitrogens is 2. The Hall–Kier alpha value is -2.25. The minimum absolute atomic E-state index is 0.0233. The van der Waals surface area contributed by atoms with Crippen LogP contribution in [0.3, 0.4) is 0 Å². The molecule has 0 amide bonds. The van der Waals surface area contributed by atoms with Gasteiger partial charge >= 0.3 is 0 Å². The van der Waals surface area contributed by atoms with Gasteiger partial charge < -0.3 is 15.0 Å². The first-order valence-corrected chi connectivity index (χ1v) is 9.16. The summed E-state index contributed by atoms with van der Waals surface area (Å²) in [5.74, 6) is -0.0599. The molecule has 0 saturated carbocycles. The third-order valence-electron chi connectivity index (χ3n) is 4.67. The van der Waals surface area contributed by atoms with Gasteiger partial charge in [-0.1, -0.05) is 0 Å². The van der Waals surface area contributed by atoms with E-state index in [0.717, 1.165) is 16.5 Å². The van der Waals surface area contributed by atoms with E-state index < -0.39 is 0 Å². The molecular weight excluding hydrogens is 401 g/mol. The maximum atomic E-state index is 13.5. The second-order valence-electron chi connectivity index (χ2n) is 6.38. The number of fused-ring (bicyclic) bond motifs is 2. The van der Waals surface area contributed by atoms with Gasteiger partial charge in [0, 0.05) is 36.4 Å². The van der Waals surface area contributed by atoms with Crippen LogP contribution in [0.25, 0.3) is 10.9 Å². The topological polar surface area (TPSA) is 70.1 Å². The van der Waals surface area contributed by atoms with Crippen LogP contribution >= 0.6 is 15.9 Å². The van der Waals surface area contributed by atoms with Gasteiger partial charge in [-0.2, -0.15) is 0 Å². The number of benzene rings is 1. The third kappa shape index (κ3) is 3.01. The van der Waals surface area contributed by atoms with Crippen LogP contribution < -0.4 is 10.5 Å². The van der Waals surface area contributed by atoms with Crippen LogP contribution in [-0.4, -0.2) is 28.5 Å². The summed E-state index contributed by atoms with van der Waals surface area (Å²) in [6.07, 6.45) is 3.98. The molecule has 1 aliphatic rings. The van der Waals surface area contributed by atoms with Crippen molar-refractivity contribution in [2.45, 2.75) is 13.0 Å². The lowest BCUT2D eigenvalue weighted by molar-refractivity contribution is 0.0856. The first-order chi connectivity index (χ1) is 12.6. The molecule has 1 atom stereocenters. The number of Topliss-reactive ketones (excluding diaryl/α,β-unsaturated/α-hetero) is 1. The molecule has 0 saturated heterocycles. The number of ketones is 1. The highest BCUT2D eigenvalue weighted by Crippen LogP contribution is 2.32. The molecule has 7 heteroatoms. The van der Waals surface area contributed by atoms with Gasteiger partial charge in [-0.25, -0.2) is 9.37 Å². The lowest BCUT2D eigenvalue weighted by Crippen LogP contribution is -2.28. The maximum Gasteiger partial charge on any atom is 0.171 e. The lowest BCUT2D eigenvalue weighted by atomic mass is 9.90. The van der Waals surface area contributed by atoms with E-state index in [0.29, 0.717) is 35.4 Å². The van der Waals surface area contributed by atoms with Gasteiger partial charge in [0.1, 0.15) is 16.2 Å². The monoisotopic (exact) mass is 417 g/mol. The number of ether oxygens (including phenoxy) is 1. The molecule has 2 aromatic heterocycles. The molecule has 4 rings (SSSR count). The molecular formula is C19H17BrFN3O2. The molecule has 0 spiro atoms. The van der Waals surface area contributed by atoms with E-state index in [1.807, 2.05) is 16.8 Å². The van der Waals surface area contributed by atoms with Crippen molar-refractivity contribution in [2.75, 3.05) is 13.2 Å². The fourth-order valence-corrected chi connectivity index (χ4v) is 3.75. The number of halogens is 2. The summed E-state index contributed by atoms with van der Waals surface area (Å²) in [5.41, 5.74) is 7.93. The van der Waals surface area contributed by atoms with Crippen LogP contribution in [0.2, 0.25) is 0 Å². The van der Waals surface area contributed by atoms with Crippen LogP contribution in [0.15, 0.2) is 41.3 Å². The van der Waals surface area contributed by atoms with Crippen LogP contribution in [0.5, 0.6) is 5.75 Å². The summed E-state index contributed by atoms with van der Waals surface area (Å²) in [6.45, 7) is 1.36. The Morgan fingerprint density at radius 2 is 2.27 bits per heavy atom. The van der Waals surface area contributed by atoms with E-state index >= 15 is 0 Å². The van der Waals surface area contributed by atoms with E-state index in [4.69, 9.17) is 10.5 Å². The zero-order valence-electron chi connectivity index (χ0n) is 13.9. The fourth-order valence-electron chi connectivity index (χ4n) is 3.43. The quantitative estimate of drug-likeness (QED) is 0.521. The highest BCUT2D eigenvalue weighted by molar-refractivity contribution is 9.10. The molecule has 0 radical (unpaired) electrons.